The molecule has 2 heterocycles. The molecule has 2 aromatic carbocycles. The summed E-state index contributed by atoms with van der Waals surface area (Å²) in [7, 11) is 0. The molecule has 0 fully saturated rings. The van der Waals surface area contributed by atoms with E-state index in [-0.39, 0.29) is 17.8 Å². The summed E-state index contributed by atoms with van der Waals surface area (Å²) < 4.78 is 19.1. The number of benzene rings is 2. The highest BCUT2D eigenvalue weighted by Gasteiger charge is 2.43. The molecule has 0 spiro atoms. The van der Waals surface area contributed by atoms with E-state index in [9.17, 15) is 14.0 Å². The molecule has 0 saturated heterocycles. The Morgan fingerprint density at radius 1 is 1.31 bits per heavy atom. The SMILES string of the molecule is C[C@@]1(C(=O)N[C@@H]2CCSc3ccc(F)cc32)Cc2ccccc2C(=O)O1. The predicted octanol–water partition coefficient (Wildman–Crippen LogP) is 3.65. The summed E-state index contributed by atoms with van der Waals surface area (Å²) in [6.07, 6.45) is 1.02. The lowest BCUT2D eigenvalue weighted by atomic mass is 9.88. The van der Waals surface area contributed by atoms with E-state index < -0.39 is 11.6 Å². The quantitative estimate of drug-likeness (QED) is 0.819. The van der Waals surface area contributed by atoms with Crippen molar-refractivity contribution in [1.82, 2.24) is 5.32 Å². The van der Waals surface area contributed by atoms with Gasteiger partial charge in [0, 0.05) is 17.1 Å². The normalized spacial score (nSPS) is 24.2. The van der Waals surface area contributed by atoms with Crippen LogP contribution >= 0.6 is 11.8 Å². The number of rotatable bonds is 2. The second-order valence-electron chi connectivity index (χ2n) is 6.80. The van der Waals surface area contributed by atoms with Crippen molar-refractivity contribution < 1.29 is 18.7 Å². The monoisotopic (exact) mass is 371 g/mol. The third-order valence-electron chi connectivity index (χ3n) is 4.88. The van der Waals surface area contributed by atoms with Crippen LogP contribution in [0.1, 0.15) is 40.9 Å². The number of carbonyl (C=O) groups excluding carboxylic acids is 2. The molecule has 134 valence electrons. The summed E-state index contributed by atoms with van der Waals surface area (Å²) >= 11 is 1.65. The Hall–Kier alpha value is -2.34. The van der Waals surface area contributed by atoms with Crippen molar-refractivity contribution in [3.05, 3.63) is 65.0 Å². The first-order valence-electron chi connectivity index (χ1n) is 8.51. The van der Waals surface area contributed by atoms with Gasteiger partial charge in [-0.05, 0) is 48.7 Å². The average molecular weight is 371 g/mol. The van der Waals surface area contributed by atoms with Crippen LogP contribution in [0.25, 0.3) is 0 Å². The fraction of sp³-hybridized carbons (Fsp3) is 0.300. The van der Waals surface area contributed by atoms with Crippen LogP contribution in [-0.2, 0) is 16.0 Å². The lowest BCUT2D eigenvalue weighted by molar-refractivity contribution is -0.140. The highest BCUT2D eigenvalue weighted by molar-refractivity contribution is 7.99. The van der Waals surface area contributed by atoms with Gasteiger partial charge < -0.3 is 10.1 Å². The second-order valence-corrected chi connectivity index (χ2v) is 7.94. The van der Waals surface area contributed by atoms with Gasteiger partial charge in [-0.25, -0.2) is 9.18 Å². The number of thioether (sulfide) groups is 1. The maximum Gasteiger partial charge on any atom is 0.339 e. The van der Waals surface area contributed by atoms with Crippen LogP contribution in [-0.4, -0.2) is 23.2 Å². The molecule has 26 heavy (non-hydrogen) atoms. The maximum atomic E-state index is 13.7. The van der Waals surface area contributed by atoms with E-state index in [1.807, 2.05) is 12.1 Å². The molecule has 0 aromatic heterocycles. The number of nitrogens with one attached hydrogen (secondary N) is 1. The smallest absolute Gasteiger partial charge is 0.339 e. The lowest BCUT2D eigenvalue weighted by Crippen LogP contribution is -2.52. The Morgan fingerprint density at radius 2 is 2.12 bits per heavy atom. The first-order valence-corrected chi connectivity index (χ1v) is 9.49. The van der Waals surface area contributed by atoms with Crippen molar-refractivity contribution in [1.29, 1.82) is 0 Å². The fourth-order valence-electron chi connectivity index (χ4n) is 3.49. The Kier molecular flexibility index (Phi) is 4.23. The van der Waals surface area contributed by atoms with E-state index in [0.29, 0.717) is 18.4 Å². The largest absolute Gasteiger partial charge is 0.445 e. The minimum absolute atomic E-state index is 0.290. The number of carbonyl (C=O) groups is 2. The molecule has 2 aromatic rings. The molecule has 0 aliphatic carbocycles. The van der Waals surface area contributed by atoms with Crippen molar-refractivity contribution in [3.8, 4) is 0 Å². The molecular formula is C20H18FNO3S. The van der Waals surface area contributed by atoms with Gasteiger partial charge in [0.2, 0.25) is 0 Å². The third-order valence-corrected chi connectivity index (χ3v) is 6.00. The van der Waals surface area contributed by atoms with Crippen molar-refractivity contribution in [2.24, 2.45) is 0 Å². The topological polar surface area (TPSA) is 55.4 Å². The predicted molar refractivity (Wildman–Crippen MR) is 96.6 cm³/mol. The second kappa shape index (κ2) is 6.43. The Balaban J connectivity index is 1.58. The number of hydrogen-bond donors (Lipinski definition) is 1. The Labute approximate surface area is 155 Å². The minimum Gasteiger partial charge on any atom is -0.445 e. The maximum absolute atomic E-state index is 13.7. The molecule has 2 aliphatic rings. The van der Waals surface area contributed by atoms with E-state index in [1.54, 1.807) is 36.9 Å². The van der Waals surface area contributed by atoms with Gasteiger partial charge in [-0.15, -0.1) is 11.8 Å². The summed E-state index contributed by atoms with van der Waals surface area (Å²) in [5, 5.41) is 2.97. The molecule has 6 heteroatoms. The van der Waals surface area contributed by atoms with Gasteiger partial charge in [0.15, 0.2) is 5.60 Å². The number of amides is 1. The van der Waals surface area contributed by atoms with Crippen LogP contribution in [0, 0.1) is 5.82 Å². The molecule has 0 unspecified atom stereocenters. The van der Waals surface area contributed by atoms with E-state index in [4.69, 9.17) is 4.74 Å². The average Bonchev–Trinajstić information content (AvgIpc) is 2.62. The number of ether oxygens (including phenoxy) is 1. The number of hydrogen-bond acceptors (Lipinski definition) is 4. The van der Waals surface area contributed by atoms with Crippen molar-refractivity contribution in [2.75, 3.05) is 5.75 Å². The zero-order valence-corrected chi connectivity index (χ0v) is 15.1. The van der Waals surface area contributed by atoms with Gasteiger partial charge in [-0.1, -0.05) is 18.2 Å². The fourth-order valence-corrected chi connectivity index (χ4v) is 4.59. The van der Waals surface area contributed by atoms with Crippen molar-refractivity contribution >= 4 is 23.6 Å². The number of fused-ring (bicyclic) bond motifs is 2. The molecule has 2 atom stereocenters. The third kappa shape index (κ3) is 2.98. The van der Waals surface area contributed by atoms with Crippen LogP contribution in [0.2, 0.25) is 0 Å². The van der Waals surface area contributed by atoms with E-state index >= 15 is 0 Å². The van der Waals surface area contributed by atoms with E-state index in [0.717, 1.165) is 21.8 Å². The number of esters is 1. The van der Waals surface area contributed by atoms with Crippen LogP contribution in [0.3, 0.4) is 0 Å². The Morgan fingerprint density at radius 3 is 2.96 bits per heavy atom. The van der Waals surface area contributed by atoms with Crippen LogP contribution < -0.4 is 5.32 Å². The number of halogens is 1. The van der Waals surface area contributed by atoms with Gasteiger partial charge in [-0.2, -0.15) is 0 Å². The molecule has 1 N–H and O–H groups in total. The molecule has 1 amide bonds. The minimum atomic E-state index is -1.27. The summed E-state index contributed by atoms with van der Waals surface area (Å²) in [6.45, 7) is 1.63. The van der Waals surface area contributed by atoms with Gasteiger partial charge in [0.05, 0.1) is 11.6 Å². The first kappa shape index (κ1) is 17.1. The Bertz CT molecular complexity index is 900. The zero-order valence-electron chi connectivity index (χ0n) is 14.3. The molecular weight excluding hydrogens is 353 g/mol. The number of cyclic esters (lactones) is 1. The standard InChI is InChI=1S/C20H18FNO3S/c1-20(11-12-4-2-3-5-14(12)18(23)25-20)19(24)22-16-8-9-26-17-7-6-13(21)10-15(16)17/h2-7,10,16H,8-9,11H2,1H3,(H,22,24)/t16-,20+/m1/s1. The molecule has 0 bridgehead atoms. The summed E-state index contributed by atoms with van der Waals surface area (Å²) in [5.41, 5.74) is 0.802. The highest BCUT2D eigenvalue weighted by atomic mass is 32.2. The summed E-state index contributed by atoms with van der Waals surface area (Å²) in [5.74, 6) is -0.333. The molecule has 0 radical (unpaired) electrons. The van der Waals surface area contributed by atoms with Crippen LogP contribution in [0.4, 0.5) is 4.39 Å². The molecule has 0 saturated carbocycles. The van der Waals surface area contributed by atoms with Crippen LogP contribution in [0.15, 0.2) is 47.4 Å². The van der Waals surface area contributed by atoms with Gasteiger partial charge >= 0.3 is 5.97 Å². The zero-order chi connectivity index (χ0) is 18.3. The molecule has 4 rings (SSSR count). The summed E-state index contributed by atoms with van der Waals surface area (Å²) in [6, 6.07) is 11.5. The first-order chi connectivity index (χ1) is 12.5. The summed E-state index contributed by atoms with van der Waals surface area (Å²) in [4.78, 5) is 26.2. The van der Waals surface area contributed by atoms with Gasteiger partial charge in [-0.3, -0.25) is 4.79 Å². The molecule has 2 aliphatic heterocycles. The highest BCUT2D eigenvalue weighted by Crippen LogP contribution is 2.37. The van der Waals surface area contributed by atoms with Gasteiger partial charge in [0.1, 0.15) is 5.82 Å². The van der Waals surface area contributed by atoms with Crippen molar-refractivity contribution in [3.63, 3.8) is 0 Å². The van der Waals surface area contributed by atoms with Gasteiger partial charge in [0.25, 0.3) is 5.91 Å². The van der Waals surface area contributed by atoms with Crippen molar-refractivity contribution in [2.45, 2.75) is 36.3 Å². The lowest BCUT2D eigenvalue weighted by Gasteiger charge is -2.35. The van der Waals surface area contributed by atoms with E-state index in [1.165, 1.54) is 12.1 Å². The molecule has 4 nitrogen and oxygen atoms in total. The van der Waals surface area contributed by atoms with Crippen LogP contribution in [0.5, 0.6) is 0 Å². The van der Waals surface area contributed by atoms with E-state index in [2.05, 4.69) is 5.32 Å².